The lowest BCUT2D eigenvalue weighted by molar-refractivity contribution is 0.0706. The number of hydrogen-bond donors (Lipinski definition) is 1. The van der Waals surface area contributed by atoms with Crippen LogP contribution in [0.3, 0.4) is 0 Å². The SMILES string of the molecule is O=C(c1ccc(N2CCCC2)cc1)N1CCn2c(nnc2[C@H]2CCCN2)C1. The number of anilines is 1. The van der Waals surface area contributed by atoms with Crippen molar-refractivity contribution >= 4 is 11.6 Å². The van der Waals surface area contributed by atoms with Crippen molar-refractivity contribution in [2.45, 2.75) is 44.8 Å². The standard InChI is InChI=1S/C20H26N6O/c27-20(15-5-7-16(8-6-15)24-10-1-2-11-24)25-12-13-26-18(14-25)22-23-19(26)17-4-3-9-21-17/h5-8,17,21H,1-4,9-14H2/t17-/m1/s1. The Bertz CT molecular complexity index is 817. The van der Waals surface area contributed by atoms with Gasteiger partial charge in [-0.05, 0) is 56.5 Å². The van der Waals surface area contributed by atoms with Crippen molar-refractivity contribution in [1.82, 2.24) is 25.0 Å². The third-order valence-electron chi connectivity index (χ3n) is 6.03. The van der Waals surface area contributed by atoms with E-state index in [0.29, 0.717) is 19.1 Å². The molecule has 0 spiro atoms. The second kappa shape index (κ2) is 6.96. The molecular weight excluding hydrogens is 340 g/mol. The van der Waals surface area contributed by atoms with E-state index in [4.69, 9.17) is 0 Å². The summed E-state index contributed by atoms with van der Waals surface area (Å²) >= 11 is 0. The molecule has 0 bridgehead atoms. The van der Waals surface area contributed by atoms with Crippen LogP contribution in [0.15, 0.2) is 24.3 Å². The van der Waals surface area contributed by atoms with Crippen molar-refractivity contribution in [3.05, 3.63) is 41.5 Å². The number of nitrogens with zero attached hydrogens (tertiary/aromatic N) is 5. The molecular formula is C20H26N6O. The second-order valence-corrected chi connectivity index (χ2v) is 7.74. The topological polar surface area (TPSA) is 66.3 Å². The predicted molar refractivity (Wildman–Crippen MR) is 103 cm³/mol. The number of nitrogens with one attached hydrogen (secondary N) is 1. The van der Waals surface area contributed by atoms with Gasteiger partial charge in [0.1, 0.15) is 5.82 Å². The Hall–Kier alpha value is -2.41. The Morgan fingerprint density at radius 1 is 1.00 bits per heavy atom. The summed E-state index contributed by atoms with van der Waals surface area (Å²) in [4.78, 5) is 17.2. The van der Waals surface area contributed by atoms with E-state index in [9.17, 15) is 4.79 Å². The third-order valence-corrected chi connectivity index (χ3v) is 6.03. The zero-order chi connectivity index (χ0) is 18.2. The van der Waals surface area contributed by atoms with E-state index in [1.807, 2.05) is 17.0 Å². The second-order valence-electron chi connectivity index (χ2n) is 7.74. The normalized spacial score (nSPS) is 22.3. The minimum Gasteiger partial charge on any atom is -0.372 e. The average Bonchev–Trinajstić information content (AvgIpc) is 3.48. The molecule has 2 aromatic rings. The Morgan fingerprint density at radius 2 is 1.81 bits per heavy atom. The zero-order valence-corrected chi connectivity index (χ0v) is 15.6. The predicted octanol–water partition coefficient (Wildman–Crippen LogP) is 1.96. The van der Waals surface area contributed by atoms with Crippen molar-refractivity contribution in [3.63, 3.8) is 0 Å². The molecule has 7 heteroatoms. The van der Waals surface area contributed by atoms with Crippen LogP contribution in [0.5, 0.6) is 0 Å². The molecule has 2 fully saturated rings. The van der Waals surface area contributed by atoms with Crippen LogP contribution in [-0.2, 0) is 13.1 Å². The van der Waals surface area contributed by atoms with Crippen LogP contribution >= 0.6 is 0 Å². The number of fused-ring (bicyclic) bond motifs is 1. The molecule has 27 heavy (non-hydrogen) atoms. The molecule has 142 valence electrons. The highest BCUT2D eigenvalue weighted by molar-refractivity contribution is 5.94. The fraction of sp³-hybridized carbons (Fsp3) is 0.550. The van der Waals surface area contributed by atoms with Gasteiger partial charge in [0.25, 0.3) is 5.91 Å². The average molecular weight is 366 g/mol. The molecule has 2 saturated heterocycles. The molecule has 7 nitrogen and oxygen atoms in total. The third kappa shape index (κ3) is 3.10. The van der Waals surface area contributed by atoms with Gasteiger partial charge in [-0.15, -0.1) is 10.2 Å². The lowest BCUT2D eigenvalue weighted by Crippen LogP contribution is -2.39. The first-order valence-corrected chi connectivity index (χ1v) is 10.1. The molecule has 3 aliphatic rings. The molecule has 1 aromatic carbocycles. The van der Waals surface area contributed by atoms with Crippen molar-refractivity contribution < 1.29 is 4.79 Å². The number of benzene rings is 1. The summed E-state index contributed by atoms with van der Waals surface area (Å²) < 4.78 is 2.20. The largest absolute Gasteiger partial charge is 0.372 e. The summed E-state index contributed by atoms with van der Waals surface area (Å²) in [6.07, 6.45) is 4.82. The number of rotatable bonds is 3. The van der Waals surface area contributed by atoms with E-state index in [1.165, 1.54) is 24.9 Å². The van der Waals surface area contributed by atoms with Gasteiger partial charge >= 0.3 is 0 Å². The van der Waals surface area contributed by atoms with E-state index in [-0.39, 0.29) is 5.91 Å². The maximum absolute atomic E-state index is 12.9. The maximum Gasteiger partial charge on any atom is 0.254 e. The highest BCUT2D eigenvalue weighted by atomic mass is 16.2. The van der Waals surface area contributed by atoms with Crippen molar-refractivity contribution in [2.75, 3.05) is 31.1 Å². The molecule has 0 aliphatic carbocycles. The first kappa shape index (κ1) is 16.7. The highest BCUT2D eigenvalue weighted by Crippen LogP contribution is 2.25. The molecule has 1 atom stereocenters. The van der Waals surface area contributed by atoms with Gasteiger partial charge in [0.05, 0.1) is 12.6 Å². The van der Waals surface area contributed by atoms with Crippen LogP contribution in [0.2, 0.25) is 0 Å². The van der Waals surface area contributed by atoms with E-state index >= 15 is 0 Å². The minimum atomic E-state index is 0.0813. The van der Waals surface area contributed by atoms with Gasteiger partial charge in [-0.25, -0.2) is 0 Å². The minimum absolute atomic E-state index is 0.0813. The van der Waals surface area contributed by atoms with Crippen molar-refractivity contribution in [3.8, 4) is 0 Å². The van der Waals surface area contributed by atoms with Crippen LogP contribution in [0, 0.1) is 0 Å². The molecule has 1 N–H and O–H groups in total. The van der Waals surface area contributed by atoms with Gasteiger partial charge in [-0.2, -0.15) is 0 Å². The van der Waals surface area contributed by atoms with E-state index in [1.54, 1.807) is 0 Å². The number of aromatic nitrogens is 3. The molecule has 1 aromatic heterocycles. The van der Waals surface area contributed by atoms with Crippen LogP contribution < -0.4 is 10.2 Å². The Morgan fingerprint density at radius 3 is 2.56 bits per heavy atom. The quantitative estimate of drug-likeness (QED) is 0.900. The van der Waals surface area contributed by atoms with Crippen LogP contribution in [0.4, 0.5) is 5.69 Å². The molecule has 0 unspecified atom stereocenters. The molecule has 3 aliphatic heterocycles. The van der Waals surface area contributed by atoms with Crippen molar-refractivity contribution in [1.29, 1.82) is 0 Å². The zero-order valence-electron chi connectivity index (χ0n) is 15.6. The fourth-order valence-electron chi connectivity index (χ4n) is 4.49. The van der Waals surface area contributed by atoms with Gasteiger partial charge < -0.3 is 19.7 Å². The monoisotopic (exact) mass is 366 g/mol. The Labute approximate surface area is 159 Å². The maximum atomic E-state index is 12.9. The van der Waals surface area contributed by atoms with E-state index in [2.05, 4.69) is 37.1 Å². The van der Waals surface area contributed by atoms with E-state index < -0.39 is 0 Å². The van der Waals surface area contributed by atoms with E-state index in [0.717, 1.165) is 49.8 Å². The Kier molecular flexibility index (Phi) is 4.32. The number of carbonyl (C=O) groups excluding carboxylic acids is 1. The Balaban J connectivity index is 1.29. The van der Waals surface area contributed by atoms with Crippen LogP contribution in [0.1, 0.15) is 53.7 Å². The number of carbonyl (C=O) groups is 1. The highest BCUT2D eigenvalue weighted by Gasteiger charge is 2.29. The molecule has 5 rings (SSSR count). The molecule has 0 radical (unpaired) electrons. The first-order chi connectivity index (χ1) is 13.3. The van der Waals surface area contributed by atoms with Crippen molar-refractivity contribution in [2.24, 2.45) is 0 Å². The van der Waals surface area contributed by atoms with Gasteiger partial charge in [0, 0.05) is 37.4 Å². The van der Waals surface area contributed by atoms with Crippen LogP contribution in [0.25, 0.3) is 0 Å². The molecule has 0 saturated carbocycles. The van der Waals surface area contributed by atoms with Gasteiger partial charge in [-0.1, -0.05) is 0 Å². The summed E-state index contributed by atoms with van der Waals surface area (Å²) in [5.41, 5.74) is 1.97. The molecule has 4 heterocycles. The summed E-state index contributed by atoms with van der Waals surface area (Å²) in [6, 6.07) is 8.39. The lowest BCUT2D eigenvalue weighted by atomic mass is 10.1. The smallest absolute Gasteiger partial charge is 0.254 e. The summed E-state index contributed by atoms with van der Waals surface area (Å²) in [7, 11) is 0. The fourth-order valence-corrected chi connectivity index (χ4v) is 4.49. The summed E-state index contributed by atoms with van der Waals surface area (Å²) in [5, 5.41) is 12.3. The molecule has 1 amide bonds. The summed E-state index contributed by atoms with van der Waals surface area (Å²) in [5.74, 6) is 2.01. The lowest BCUT2D eigenvalue weighted by Gasteiger charge is -2.28. The number of hydrogen-bond acceptors (Lipinski definition) is 5. The number of amides is 1. The van der Waals surface area contributed by atoms with Gasteiger partial charge in [-0.3, -0.25) is 4.79 Å². The van der Waals surface area contributed by atoms with Gasteiger partial charge in [0.2, 0.25) is 0 Å². The van der Waals surface area contributed by atoms with Gasteiger partial charge in [0.15, 0.2) is 5.82 Å². The first-order valence-electron chi connectivity index (χ1n) is 10.1. The van der Waals surface area contributed by atoms with Crippen LogP contribution in [-0.4, -0.2) is 51.8 Å². The summed E-state index contributed by atoms with van der Waals surface area (Å²) in [6.45, 7) is 5.29.